The van der Waals surface area contributed by atoms with Crippen molar-refractivity contribution in [3.8, 4) is 0 Å². The predicted octanol–water partition coefficient (Wildman–Crippen LogP) is 1.60. The highest BCUT2D eigenvalue weighted by Gasteiger charge is 2.19. The molecule has 0 heterocycles. The predicted molar refractivity (Wildman–Crippen MR) is 70.7 cm³/mol. The fraction of sp³-hybridized carbons (Fsp3) is 0.900. The summed E-state index contributed by atoms with van der Waals surface area (Å²) in [5, 5.41) is 0. The van der Waals surface area contributed by atoms with Crippen LogP contribution in [0.5, 0.6) is 0 Å². The average molecular weight is 255 g/mol. The Hall–Kier alpha value is 0.0700. The summed E-state index contributed by atoms with van der Waals surface area (Å²) in [5.74, 6) is 1.19. The van der Waals surface area contributed by atoms with Crippen molar-refractivity contribution in [3.05, 3.63) is 0 Å². The second-order valence-electron chi connectivity index (χ2n) is 3.72. The zero-order chi connectivity index (χ0) is 11.1. The van der Waals surface area contributed by atoms with E-state index in [1.165, 1.54) is 0 Å². The number of amides is 1. The third-order valence-electron chi connectivity index (χ3n) is 2.52. The zero-order valence-electron chi connectivity index (χ0n) is 10.0. The summed E-state index contributed by atoms with van der Waals surface area (Å²) in [7, 11) is 1.86. The minimum absolute atomic E-state index is 0. The van der Waals surface area contributed by atoms with Gasteiger partial charge in [0.05, 0.1) is 0 Å². The van der Waals surface area contributed by atoms with E-state index in [9.17, 15) is 4.79 Å². The van der Waals surface area contributed by atoms with Crippen LogP contribution in [0, 0.1) is 5.92 Å². The van der Waals surface area contributed by atoms with Gasteiger partial charge in [-0.15, -0.1) is 12.4 Å². The molecule has 0 fully saturated rings. The quantitative estimate of drug-likeness (QED) is 0.783. The average Bonchev–Trinajstić information content (AvgIpc) is 2.22. The van der Waals surface area contributed by atoms with E-state index in [2.05, 4.69) is 13.2 Å². The smallest absolute Gasteiger partial charge is 0.226 e. The van der Waals surface area contributed by atoms with Crippen molar-refractivity contribution >= 4 is 30.1 Å². The van der Waals surface area contributed by atoms with Crippen LogP contribution in [0.4, 0.5) is 0 Å². The molecule has 3 nitrogen and oxygen atoms in total. The molecule has 5 heteroatoms. The number of halogens is 1. The van der Waals surface area contributed by atoms with Gasteiger partial charge in [0.15, 0.2) is 0 Å². The van der Waals surface area contributed by atoms with Gasteiger partial charge in [0.2, 0.25) is 5.91 Å². The Kier molecular flexibility index (Phi) is 10.8. The van der Waals surface area contributed by atoms with Crippen molar-refractivity contribution in [2.75, 3.05) is 25.6 Å². The maximum absolute atomic E-state index is 11.7. The van der Waals surface area contributed by atoms with Crippen molar-refractivity contribution in [1.82, 2.24) is 4.90 Å². The summed E-state index contributed by atoms with van der Waals surface area (Å²) in [6, 6.07) is 0.309. The summed E-state index contributed by atoms with van der Waals surface area (Å²) >= 11 is 1.81. The van der Waals surface area contributed by atoms with Crippen LogP contribution in [-0.4, -0.2) is 42.4 Å². The molecule has 2 atom stereocenters. The number of nitrogens with zero attached hydrogens (tertiary/aromatic N) is 1. The van der Waals surface area contributed by atoms with Crippen LogP contribution in [0.25, 0.3) is 0 Å². The Labute approximate surface area is 104 Å². The van der Waals surface area contributed by atoms with Gasteiger partial charge < -0.3 is 10.6 Å². The van der Waals surface area contributed by atoms with Crippen molar-refractivity contribution in [1.29, 1.82) is 0 Å². The molecule has 0 radical (unpaired) electrons. The maximum atomic E-state index is 11.7. The number of hydrogen-bond acceptors (Lipinski definition) is 3. The van der Waals surface area contributed by atoms with Crippen LogP contribution >= 0.6 is 24.2 Å². The Morgan fingerprint density at radius 2 is 2.00 bits per heavy atom. The maximum Gasteiger partial charge on any atom is 0.226 e. The SMILES string of the molecule is CSCCC(C)N(C)C(=O)C(C)CN.Cl. The first kappa shape index (κ1) is 17.5. The van der Waals surface area contributed by atoms with E-state index in [0.29, 0.717) is 12.6 Å². The lowest BCUT2D eigenvalue weighted by molar-refractivity contribution is -0.135. The highest BCUT2D eigenvalue weighted by molar-refractivity contribution is 7.98. The first-order chi connectivity index (χ1) is 6.54. The molecule has 0 aromatic heterocycles. The van der Waals surface area contributed by atoms with Gasteiger partial charge in [-0.2, -0.15) is 11.8 Å². The van der Waals surface area contributed by atoms with E-state index in [0.717, 1.165) is 12.2 Å². The number of carbonyl (C=O) groups excluding carboxylic acids is 1. The van der Waals surface area contributed by atoms with Gasteiger partial charge in [0.25, 0.3) is 0 Å². The minimum atomic E-state index is -0.0586. The molecule has 0 aliphatic heterocycles. The molecule has 0 bridgehead atoms. The molecule has 1 amide bonds. The first-order valence-electron chi connectivity index (χ1n) is 5.00. The van der Waals surface area contributed by atoms with Crippen molar-refractivity contribution < 1.29 is 4.79 Å². The fourth-order valence-corrected chi connectivity index (χ4v) is 1.72. The minimum Gasteiger partial charge on any atom is -0.343 e. The fourth-order valence-electron chi connectivity index (χ4n) is 1.15. The number of carbonyl (C=O) groups is 1. The normalized spacial score (nSPS) is 13.9. The monoisotopic (exact) mass is 254 g/mol. The lowest BCUT2D eigenvalue weighted by Crippen LogP contribution is -2.40. The molecular formula is C10H23ClN2OS. The Bertz CT molecular complexity index is 181. The summed E-state index contributed by atoms with van der Waals surface area (Å²) in [5.41, 5.74) is 5.46. The van der Waals surface area contributed by atoms with Crippen LogP contribution in [0.1, 0.15) is 20.3 Å². The number of rotatable bonds is 6. The van der Waals surface area contributed by atoms with Gasteiger partial charge in [0.1, 0.15) is 0 Å². The molecule has 0 saturated carbocycles. The highest BCUT2D eigenvalue weighted by Crippen LogP contribution is 2.09. The lowest BCUT2D eigenvalue weighted by atomic mass is 10.1. The summed E-state index contributed by atoms with van der Waals surface area (Å²) in [4.78, 5) is 13.5. The molecule has 15 heavy (non-hydrogen) atoms. The Morgan fingerprint density at radius 1 is 1.47 bits per heavy atom. The lowest BCUT2D eigenvalue weighted by Gasteiger charge is -2.27. The molecule has 0 aromatic carbocycles. The van der Waals surface area contributed by atoms with E-state index < -0.39 is 0 Å². The Morgan fingerprint density at radius 3 is 2.40 bits per heavy atom. The second kappa shape index (κ2) is 9.31. The zero-order valence-corrected chi connectivity index (χ0v) is 11.7. The Balaban J connectivity index is 0. The van der Waals surface area contributed by atoms with E-state index in [1.54, 1.807) is 0 Å². The van der Waals surface area contributed by atoms with Crippen LogP contribution in [0.2, 0.25) is 0 Å². The largest absolute Gasteiger partial charge is 0.343 e. The molecule has 0 spiro atoms. The van der Waals surface area contributed by atoms with Crippen LogP contribution in [0.15, 0.2) is 0 Å². The molecule has 0 saturated heterocycles. The molecule has 2 N–H and O–H groups in total. The van der Waals surface area contributed by atoms with Crippen LogP contribution in [-0.2, 0) is 4.79 Å². The van der Waals surface area contributed by atoms with E-state index in [4.69, 9.17) is 5.73 Å². The number of thioether (sulfide) groups is 1. The van der Waals surface area contributed by atoms with E-state index in [-0.39, 0.29) is 24.2 Å². The summed E-state index contributed by atoms with van der Waals surface area (Å²) < 4.78 is 0. The molecular weight excluding hydrogens is 232 g/mol. The van der Waals surface area contributed by atoms with Gasteiger partial charge >= 0.3 is 0 Å². The topological polar surface area (TPSA) is 46.3 Å². The van der Waals surface area contributed by atoms with Crippen molar-refractivity contribution in [3.63, 3.8) is 0 Å². The summed E-state index contributed by atoms with van der Waals surface area (Å²) in [6.45, 7) is 4.38. The van der Waals surface area contributed by atoms with Crippen molar-refractivity contribution in [2.45, 2.75) is 26.3 Å². The van der Waals surface area contributed by atoms with Gasteiger partial charge in [0, 0.05) is 25.6 Å². The van der Waals surface area contributed by atoms with E-state index in [1.807, 2.05) is 30.6 Å². The standard InChI is InChI=1S/C10H22N2OS.ClH/c1-8(7-11)10(13)12(3)9(2)5-6-14-4;/h8-9H,5-7,11H2,1-4H3;1H. The third-order valence-corrected chi connectivity index (χ3v) is 3.17. The molecule has 0 aromatic rings. The van der Waals surface area contributed by atoms with Gasteiger partial charge in [-0.1, -0.05) is 6.92 Å². The highest BCUT2D eigenvalue weighted by atomic mass is 35.5. The van der Waals surface area contributed by atoms with Gasteiger partial charge in [-0.05, 0) is 25.4 Å². The molecule has 0 aliphatic rings. The van der Waals surface area contributed by atoms with Crippen LogP contribution in [0.3, 0.4) is 0 Å². The second-order valence-corrected chi connectivity index (χ2v) is 4.70. The van der Waals surface area contributed by atoms with Gasteiger partial charge in [-0.3, -0.25) is 4.79 Å². The number of nitrogens with two attached hydrogens (primary N) is 1. The first-order valence-corrected chi connectivity index (χ1v) is 6.39. The molecule has 0 aliphatic carbocycles. The molecule has 0 rings (SSSR count). The van der Waals surface area contributed by atoms with E-state index >= 15 is 0 Å². The summed E-state index contributed by atoms with van der Waals surface area (Å²) in [6.07, 6.45) is 3.12. The van der Waals surface area contributed by atoms with Crippen molar-refractivity contribution in [2.24, 2.45) is 11.7 Å². The molecule has 2 unspecified atom stereocenters. The molecule has 92 valence electrons. The third kappa shape index (κ3) is 6.28. The number of hydrogen-bond donors (Lipinski definition) is 1. The van der Waals surface area contributed by atoms with Gasteiger partial charge in [-0.25, -0.2) is 0 Å². The van der Waals surface area contributed by atoms with Crippen LogP contribution < -0.4 is 5.73 Å².